The van der Waals surface area contributed by atoms with Crippen LogP contribution in [-0.2, 0) is 16.1 Å². The van der Waals surface area contributed by atoms with Gasteiger partial charge in [-0.3, -0.25) is 10.1 Å². The molecule has 0 bridgehead atoms. The van der Waals surface area contributed by atoms with Crippen molar-refractivity contribution in [3.8, 4) is 11.8 Å². The lowest BCUT2D eigenvalue weighted by Crippen LogP contribution is -2.15. The third-order valence-corrected chi connectivity index (χ3v) is 2.89. The maximum absolute atomic E-state index is 11.6. The number of carbonyl (C=O) groups excluding carboxylic acids is 1. The molecule has 0 fully saturated rings. The van der Waals surface area contributed by atoms with Crippen molar-refractivity contribution in [2.45, 2.75) is 6.61 Å². The van der Waals surface area contributed by atoms with Crippen LogP contribution in [0.4, 0.5) is 5.69 Å². The molecule has 0 aliphatic heterocycles. The van der Waals surface area contributed by atoms with Crippen LogP contribution >= 0.6 is 0 Å². The number of nitrogens with zero attached hydrogens (tertiary/aromatic N) is 2. The van der Waals surface area contributed by atoms with Gasteiger partial charge in [0.25, 0.3) is 0 Å². The summed E-state index contributed by atoms with van der Waals surface area (Å²) < 4.78 is 10.1. The number of esters is 1. The number of rotatable bonds is 6. The van der Waals surface area contributed by atoms with E-state index in [9.17, 15) is 14.9 Å². The molecule has 0 amide bonds. The summed E-state index contributed by atoms with van der Waals surface area (Å²) in [6.45, 7) is -0.397. The van der Waals surface area contributed by atoms with E-state index < -0.39 is 17.5 Å². The Bertz CT molecular complexity index is 750. The van der Waals surface area contributed by atoms with E-state index in [1.807, 2.05) is 6.07 Å². The van der Waals surface area contributed by atoms with Gasteiger partial charge in [0.2, 0.25) is 0 Å². The summed E-state index contributed by atoms with van der Waals surface area (Å²) in [7, 11) is 0. The quantitative estimate of drug-likeness (QED) is 0.461. The first-order valence-electron chi connectivity index (χ1n) is 6.61. The molecule has 0 aromatic heterocycles. The minimum absolute atomic E-state index is 0.00724. The van der Waals surface area contributed by atoms with Crippen molar-refractivity contribution in [3.05, 3.63) is 69.8 Å². The molecule has 2 rings (SSSR count). The van der Waals surface area contributed by atoms with Gasteiger partial charge in [0.1, 0.15) is 6.61 Å². The van der Waals surface area contributed by atoms with E-state index in [0.29, 0.717) is 5.56 Å². The van der Waals surface area contributed by atoms with Crippen molar-refractivity contribution in [2.24, 2.45) is 0 Å². The van der Waals surface area contributed by atoms with Gasteiger partial charge in [0.05, 0.1) is 16.6 Å². The number of benzene rings is 2. The van der Waals surface area contributed by atoms with Crippen LogP contribution in [0.5, 0.6) is 5.75 Å². The number of hydrogen-bond acceptors (Lipinski definition) is 6. The number of hydrogen-bond donors (Lipinski definition) is 0. The summed E-state index contributed by atoms with van der Waals surface area (Å²) in [5.41, 5.74) is 1.02. The first-order chi connectivity index (χ1) is 11.1. The Morgan fingerprint density at radius 1 is 1.17 bits per heavy atom. The number of nitriles is 1. The van der Waals surface area contributed by atoms with Crippen molar-refractivity contribution in [2.75, 3.05) is 6.61 Å². The van der Waals surface area contributed by atoms with Gasteiger partial charge in [0.15, 0.2) is 12.4 Å². The fraction of sp³-hybridized carbons (Fsp3) is 0.125. The summed E-state index contributed by atoms with van der Waals surface area (Å²) in [5.74, 6) is -0.639. The van der Waals surface area contributed by atoms with E-state index in [2.05, 4.69) is 0 Å². The highest BCUT2D eigenvalue weighted by Gasteiger charge is 2.15. The van der Waals surface area contributed by atoms with Gasteiger partial charge in [-0.15, -0.1) is 0 Å². The Kier molecular flexibility index (Phi) is 5.25. The van der Waals surface area contributed by atoms with E-state index in [1.54, 1.807) is 30.3 Å². The number of nitro benzene ring substituents is 1. The number of para-hydroxylation sites is 2. The second-order valence-corrected chi connectivity index (χ2v) is 4.48. The average molecular weight is 312 g/mol. The van der Waals surface area contributed by atoms with Crippen LogP contribution in [0.25, 0.3) is 0 Å². The number of carbonyl (C=O) groups is 1. The third-order valence-electron chi connectivity index (χ3n) is 2.89. The monoisotopic (exact) mass is 312 g/mol. The topological polar surface area (TPSA) is 102 Å². The lowest BCUT2D eigenvalue weighted by atomic mass is 10.2. The van der Waals surface area contributed by atoms with Crippen molar-refractivity contribution in [1.29, 1.82) is 5.26 Å². The van der Waals surface area contributed by atoms with Crippen LogP contribution < -0.4 is 4.74 Å². The highest BCUT2D eigenvalue weighted by molar-refractivity contribution is 5.71. The van der Waals surface area contributed by atoms with Gasteiger partial charge < -0.3 is 9.47 Å². The maximum atomic E-state index is 11.6. The van der Waals surface area contributed by atoms with Crippen LogP contribution in [0, 0.1) is 21.4 Å². The molecular weight excluding hydrogens is 300 g/mol. The van der Waals surface area contributed by atoms with Crippen molar-refractivity contribution in [3.63, 3.8) is 0 Å². The Hall–Kier alpha value is -3.40. The van der Waals surface area contributed by atoms with Crippen LogP contribution in [0.15, 0.2) is 48.5 Å². The van der Waals surface area contributed by atoms with E-state index in [4.69, 9.17) is 14.7 Å². The maximum Gasteiger partial charge on any atom is 0.344 e. The first kappa shape index (κ1) is 16.0. The zero-order valence-corrected chi connectivity index (χ0v) is 12.0. The minimum Gasteiger partial charge on any atom is -0.475 e. The predicted octanol–water partition coefficient (Wildman–Crippen LogP) is 2.59. The summed E-state index contributed by atoms with van der Waals surface area (Å²) in [5, 5.41) is 19.5. The third kappa shape index (κ3) is 4.54. The van der Waals surface area contributed by atoms with Gasteiger partial charge in [-0.25, -0.2) is 4.79 Å². The molecule has 2 aromatic rings. The van der Waals surface area contributed by atoms with E-state index >= 15 is 0 Å². The van der Waals surface area contributed by atoms with Crippen molar-refractivity contribution < 1.29 is 19.2 Å². The molecule has 7 nitrogen and oxygen atoms in total. The predicted molar refractivity (Wildman–Crippen MR) is 79.5 cm³/mol. The molecule has 0 spiro atoms. The Labute approximate surface area is 131 Å². The summed E-state index contributed by atoms with van der Waals surface area (Å²) in [6, 6.07) is 14.4. The summed E-state index contributed by atoms with van der Waals surface area (Å²) in [4.78, 5) is 21.9. The first-order valence-corrected chi connectivity index (χ1v) is 6.61. The highest BCUT2D eigenvalue weighted by atomic mass is 16.6. The van der Waals surface area contributed by atoms with Crippen molar-refractivity contribution >= 4 is 11.7 Å². The van der Waals surface area contributed by atoms with Crippen molar-refractivity contribution in [1.82, 2.24) is 0 Å². The normalized spacial score (nSPS) is 9.70. The smallest absolute Gasteiger partial charge is 0.344 e. The number of ether oxygens (including phenoxy) is 2. The summed E-state index contributed by atoms with van der Waals surface area (Å²) >= 11 is 0. The van der Waals surface area contributed by atoms with Crippen LogP contribution in [0.2, 0.25) is 0 Å². The Morgan fingerprint density at radius 3 is 2.52 bits per heavy atom. The van der Waals surface area contributed by atoms with Gasteiger partial charge in [-0.1, -0.05) is 24.3 Å². The summed E-state index contributed by atoms with van der Waals surface area (Å²) in [6.07, 6.45) is 0. The molecule has 0 saturated heterocycles. The lowest BCUT2D eigenvalue weighted by molar-refractivity contribution is -0.385. The molecule has 116 valence electrons. The average Bonchev–Trinajstić information content (AvgIpc) is 2.58. The van der Waals surface area contributed by atoms with E-state index in [1.165, 1.54) is 18.2 Å². The highest BCUT2D eigenvalue weighted by Crippen LogP contribution is 2.25. The Balaban J connectivity index is 1.86. The SMILES string of the molecule is N#Cc1ccc(COC(=O)COc2ccccc2[N+](=O)[O-])cc1. The van der Waals surface area contributed by atoms with Crippen LogP contribution in [0.3, 0.4) is 0 Å². The molecule has 0 saturated carbocycles. The van der Waals surface area contributed by atoms with Crippen LogP contribution in [-0.4, -0.2) is 17.5 Å². The molecule has 2 aromatic carbocycles. The fourth-order valence-electron chi connectivity index (χ4n) is 1.75. The van der Waals surface area contributed by atoms with E-state index in [-0.39, 0.29) is 18.0 Å². The van der Waals surface area contributed by atoms with Gasteiger partial charge in [-0.05, 0) is 23.8 Å². The fourth-order valence-corrected chi connectivity index (χ4v) is 1.75. The zero-order valence-electron chi connectivity index (χ0n) is 12.0. The lowest BCUT2D eigenvalue weighted by Gasteiger charge is -2.07. The van der Waals surface area contributed by atoms with Gasteiger partial charge >= 0.3 is 11.7 Å². The molecule has 7 heteroatoms. The molecule has 0 aliphatic carbocycles. The van der Waals surface area contributed by atoms with Gasteiger partial charge in [-0.2, -0.15) is 5.26 Å². The Morgan fingerprint density at radius 2 is 1.87 bits per heavy atom. The minimum atomic E-state index is -0.646. The largest absolute Gasteiger partial charge is 0.475 e. The second kappa shape index (κ2) is 7.56. The van der Waals surface area contributed by atoms with Crippen LogP contribution in [0.1, 0.15) is 11.1 Å². The molecule has 23 heavy (non-hydrogen) atoms. The molecule has 0 radical (unpaired) electrons. The standard InChI is InChI=1S/C16H12N2O5/c17-9-12-5-7-13(8-6-12)10-23-16(19)11-22-15-4-2-1-3-14(15)18(20)21/h1-8H,10-11H2. The molecule has 0 aliphatic rings. The van der Waals surface area contributed by atoms with E-state index in [0.717, 1.165) is 5.56 Å². The molecule has 0 atom stereocenters. The number of nitro groups is 1. The molecule has 0 heterocycles. The zero-order chi connectivity index (χ0) is 16.7. The van der Waals surface area contributed by atoms with Gasteiger partial charge in [0, 0.05) is 6.07 Å². The molecular formula is C16H12N2O5. The molecule has 0 unspecified atom stereocenters. The molecule has 0 N–H and O–H groups in total. The second-order valence-electron chi connectivity index (χ2n) is 4.48.